The number of rotatable bonds is 1. The molecule has 6 heteroatoms. The van der Waals surface area contributed by atoms with Gasteiger partial charge in [-0.25, -0.2) is 9.36 Å². The molecule has 4 rings (SSSR count). The first-order valence-corrected chi connectivity index (χ1v) is 5.71. The van der Waals surface area contributed by atoms with Gasteiger partial charge in [0, 0.05) is 5.56 Å². The molecular formula is C13H8N2O4. The summed E-state index contributed by atoms with van der Waals surface area (Å²) in [6.07, 6.45) is 1.60. The number of fused-ring (bicyclic) bond motifs is 3. The summed E-state index contributed by atoms with van der Waals surface area (Å²) < 4.78 is 16.9. The lowest BCUT2D eigenvalue weighted by Gasteiger charge is -2.17. The Balaban J connectivity index is 1.96. The summed E-state index contributed by atoms with van der Waals surface area (Å²) in [5.74, 6) is 1.28. The van der Waals surface area contributed by atoms with Crippen molar-refractivity contribution in [1.29, 1.82) is 0 Å². The molecule has 0 saturated heterocycles. The summed E-state index contributed by atoms with van der Waals surface area (Å²) in [6.45, 7) is 0.221. The molecule has 0 aliphatic carbocycles. The Morgan fingerprint density at radius 2 is 2.21 bits per heavy atom. The third kappa shape index (κ3) is 1.43. The predicted octanol–water partition coefficient (Wildman–Crippen LogP) is 1.98. The van der Waals surface area contributed by atoms with Crippen LogP contribution in [0.15, 0.2) is 50.3 Å². The Hall–Kier alpha value is -2.76. The topological polar surface area (TPSA) is 70.4 Å². The van der Waals surface area contributed by atoms with Crippen molar-refractivity contribution in [2.24, 2.45) is 0 Å². The summed E-state index contributed by atoms with van der Waals surface area (Å²) >= 11 is 0. The molecule has 0 spiro atoms. The maximum Gasteiger partial charge on any atom is 0.446 e. The molecule has 0 amide bonds. The Morgan fingerprint density at radius 1 is 1.26 bits per heavy atom. The fraction of sp³-hybridized carbons (Fsp3) is 0.0769. The van der Waals surface area contributed by atoms with Crippen molar-refractivity contribution in [3.63, 3.8) is 0 Å². The van der Waals surface area contributed by atoms with Crippen molar-refractivity contribution in [3.05, 3.63) is 53.0 Å². The van der Waals surface area contributed by atoms with Crippen molar-refractivity contribution >= 4 is 0 Å². The molecule has 2 aromatic heterocycles. The number of furan rings is 1. The zero-order valence-corrected chi connectivity index (χ0v) is 9.70. The summed E-state index contributed by atoms with van der Waals surface area (Å²) in [4.78, 5) is 11.7. The van der Waals surface area contributed by atoms with Gasteiger partial charge >= 0.3 is 5.76 Å². The highest BCUT2D eigenvalue weighted by atomic mass is 16.5. The Labute approximate surface area is 106 Å². The molecule has 0 fully saturated rings. The highest BCUT2D eigenvalue weighted by Crippen LogP contribution is 2.32. The van der Waals surface area contributed by atoms with E-state index in [2.05, 4.69) is 9.68 Å². The van der Waals surface area contributed by atoms with Crippen molar-refractivity contribution in [2.75, 3.05) is 0 Å². The molecule has 19 heavy (non-hydrogen) atoms. The van der Waals surface area contributed by atoms with Crippen molar-refractivity contribution in [2.45, 2.75) is 6.61 Å². The molecule has 6 nitrogen and oxygen atoms in total. The van der Waals surface area contributed by atoms with Gasteiger partial charge in [0.05, 0.1) is 12.0 Å². The lowest BCUT2D eigenvalue weighted by molar-refractivity contribution is 0.274. The Morgan fingerprint density at radius 3 is 3.05 bits per heavy atom. The van der Waals surface area contributed by atoms with Crippen LogP contribution in [-0.2, 0) is 6.61 Å². The number of nitrogens with zero attached hydrogens (tertiary/aromatic N) is 2. The van der Waals surface area contributed by atoms with Gasteiger partial charge < -0.3 is 9.15 Å². The first-order chi connectivity index (χ1) is 9.33. The van der Waals surface area contributed by atoms with Crippen molar-refractivity contribution in [1.82, 2.24) is 9.72 Å². The van der Waals surface area contributed by atoms with Gasteiger partial charge in [-0.3, -0.25) is 4.52 Å². The minimum absolute atomic E-state index is 0.221. The van der Waals surface area contributed by atoms with E-state index in [-0.39, 0.29) is 6.61 Å². The molecule has 1 aromatic carbocycles. The van der Waals surface area contributed by atoms with Crippen molar-refractivity contribution < 1.29 is 13.7 Å². The summed E-state index contributed by atoms with van der Waals surface area (Å²) in [5, 5.41) is 3.67. The fourth-order valence-electron chi connectivity index (χ4n) is 2.16. The largest absolute Gasteiger partial charge is 0.483 e. The van der Waals surface area contributed by atoms with E-state index in [0.717, 1.165) is 11.3 Å². The maximum absolute atomic E-state index is 11.7. The van der Waals surface area contributed by atoms with Gasteiger partial charge in [-0.1, -0.05) is 5.16 Å². The van der Waals surface area contributed by atoms with Crippen LogP contribution < -0.4 is 10.5 Å². The van der Waals surface area contributed by atoms with Gasteiger partial charge in [0.25, 0.3) is 0 Å². The molecule has 0 bridgehead atoms. The molecule has 0 unspecified atom stereocenters. The van der Waals surface area contributed by atoms with E-state index in [0.29, 0.717) is 17.3 Å². The first-order valence-electron chi connectivity index (χ1n) is 5.71. The molecule has 3 heterocycles. The van der Waals surface area contributed by atoms with E-state index >= 15 is 0 Å². The van der Waals surface area contributed by atoms with E-state index in [1.165, 1.54) is 4.57 Å². The van der Waals surface area contributed by atoms with Crippen LogP contribution in [0.25, 0.3) is 17.0 Å². The molecule has 94 valence electrons. The first kappa shape index (κ1) is 10.2. The second-order valence-corrected chi connectivity index (χ2v) is 4.15. The third-order valence-electron chi connectivity index (χ3n) is 3.03. The Bertz CT molecular complexity index is 798. The number of ether oxygens (including phenoxy) is 1. The van der Waals surface area contributed by atoms with Crippen LogP contribution >= 0.6 is 0 Å². The van der Waals surface area contributed by atoms with Crippen LogP contribution in [0.5, 0.6) is 5.75 Å². The van der Waals surface area contributed by atoms with Gasteiger partial charge in [-0.2, -0.15) is 0 Å². The number of aromatic nitrogens is 2. The maximum atomic E-state index is 11.7. The highest BCUT2D eigenvalue weighted by molar-refractivity contribution is 5.65. The van der Waals surface area contributed by atoms with Crippen LogP contribution in [0.2, 0.25) is 0 Å². The summed E-state index contributed by atoms with van der Waals surface area (Å²) in [5.41, 5.74) is 1.47. The zero-order valence-electron chi connectivity index (χ0n) is 9.70. The average Bonchev–Trinajstić information content (AvgIpc) is 3.08. The predicted molar refractivity (Wildman–Crippen MR) is 64.1 cm³/mol. The monoisotopic (exact) mass is 256 g/mol. The lowest BCUT2D eigenvalue weighted by Crippen LogP contribution is -2.21. The second-order valence-electron chi connectivity index (χ2n) is 4.15. The molecular weight excluding hydrogens is 248 g/mol. The van der Waals surface area contributed by atoms with E-state index in [4.69, 9.17) is 9.15 Å². The summed E-state index contributed by atoms with van der Waals surface area (Å²) in [7, 11) is 0. The van der Waals surface area contributed by atoms with Crippen LogP contribution in [0.1, 0.15) is 5.82 Å². The molecule has 0 saturated carbocycles. The SMILES string of the molecule is O=c1onc2n1-c1cc(-c3ccco3)ccc1OC2. The zero-order chi connectivity index (χ0) is 12.8. The molecule has 0 N–H and O–H groups in total. The highest BCUT2D eigenvalue weighted by Gasteiger charge is 2.22. The molecule has 1 aliphatic rings. The van der Waals surface area contributed by atoms with E-state index in [1.54, 1.807) is 12.3 Å². The van der Waals surface area contributed by atoms with E-state index in [1.807, 2.05) is 24.3 Å². The number of hydrogen-bond donors (Lipinski definition) is 0. The minimum Gasteiger partial charge on any atom is -0.483 e. The van der Waals surface area contributed by atoms with E-state index < -0.39 is 5.76 Å². The third-order valence-corrected chi connectivity index (χ3v) is 3.03. The van der Waals surface area contributed by atoms with Crippen LogP contribution in [0, 0.1) is 0 Å². The number of hydrogen-bond acceptors (Lipinski definition) is 5. The van der Waals surface area contributed by atoms with Gasteiger partial charge in [0.1, 0.15) is 11.5 Å². The Kier molecular flexibility index (Phi) is 1.94. The van der Waals surface area contributed by atoms with Gasteiger partial charge in [-0.15, -0.1) is 0 Å². The minimum atomic E-state index is -0.517. The van der Waals surface area contributed by atoms with Crippen molar-refractivity contribution in [3.8, 4) is 22.8 Å². The van der Waals surface area contributed by atoms with Gasteiger partial charge in [0.15, 0.2) is 12.4 Å². The van der Waals surface area contributed by atoms with E-state index in [9.17, 15) is 4.79 Å². The second kappa shape index (κ2) is 3.61. The summed E-state index contributed by atoms with van der Waals surface area (Å²) in [6, 6.07) is 9.15. The molecule has 0 radical (unpaired) electrons. The quantitative estimate of drug-likeness (QED) is 0.665. The molecule has 1 aliphatic heterocycles. The average molecular weight is 256 g/mol. The molecule has 0 atom stereocenters. The van der Waals surface area contributed by atoms with Gasteiger partial charge in [-0.05, 0) is 30.3 Å². The fourth-order valence-corrected chi connectivity index (χ4v) is 2.16. The van der Waals surface area contributed by atoms with Crippen LogP contribution in [0.4, 0.5) is 0 Å². The van der Waals surface area contributed by atoms with Gasteiger partial charge in [0.2, 0.25) is 0 Å². The standard InChI is InChI=1S/C13H8N2O4/c16-13-15-9-6-8(10-2-1-5-17-10)3-4-11(9)18-7-12(15)14-19-13/h1-6H,7H2. The smallest absolute Gasteiger partial charge is 0.446 e. The number of benzene rings is 1. The normalized spacial score (nSPS) is 12.6. The molecule has 3 aromatic rings. The van der Waals surface area contributed by atoms with Crippen LogP contribution in [-0.4, -0.2) is 9.72 Å². The van der Waals surface area contributed by atoms with Crippen LogP contribution in [0.3, 0.4) is 0 Å². The lowest BCUT2D eigenvalue weighted by atomic mass is 10.1.